The van der Waals surface area contributed by atoms with Gasteiger partial charge in [-0.1, -0.05) is 0 Å². The Balaban J connectivity index is 1.41. The molecule has 4 heteroatoms. The third-order valence-corrected chi connectivity index (χ3v) is 12.3. The Bertz CT molecular complexity index is 2500. The van der Waals surface area contributed by atoms with Gasteiger partial charge in [-0.3, -0.25) is 0 Å². The Morgan fingerprint density at radius 2 is 1.15 bits per heavy atom. The molecule has 3 nitrogen and oxygen atoms in total. The van der Waals surface area contributed by atoms with Gasteiger partial charge in [-0.25, -0.2) is 0 Å². The molecule has 0 saturated carbocycles. The van der Waals surface area contributed by atoms with E-state index in [4.69, 9.17) is 10.2 Å². The molecule has 0 spiro atoms. The summed E-state index contributed by atoms with van der Waals surface area (Å²) in [7, 11) is 0. The van der Waals surface area contributed by atoms with Crippen molar-refractivity contribution in [2.75, 3.05) is 0 Å². The van der Waals surface area contributed by atoms with E-state index in [-0.39, 0.29) is 14.5 Å². The first-order chi connectivity index (χ1) is 23.7. The minimum atomic E-state index is -0.00165. The van der Waals surface area contributed by atoms with Gasteiger partial charge in [0, 0.05) is 0 Å². The number of fused-ring (bicyclic) bond motifs is 4. The molecule has 2 aromatic heterocycles. The Kier molecular flexibility index (Phi) is 7.00. The van der Waals surface area contributed by atoms with Crippen LogP contribution in [0, 0.1) is 13.8 Å². The van der Waals surface area contributed by atoms with Crippen LogP contribution < -0.4 is 0 Å². The Morgan fingerprint density at radius 1 is 0.521 bits per heavy atom. The summed E-state index contributed by atoms with van der Waals surface area (Å²) in [6.45, 7) is 4.50. The predicted octanol–water partition coefficient (Wildman–Crippen LogP) is 10.6. The van der Waals surface area contributed by atoms with Crippen molar-refractivity contribution >= 4 is 24.1 Å². The van der Waals surface area contributed by atoms with Gasteiger partial charge in [-0.2, -0.15) is 0 Å². The van der Waals surface area contributed by atoms with E-state index in [0.29, 0.717) is 0 Å². The fourth-order valence-corrected chi connectivity index (χ4v) is 9.96. The van der Waals surface area contributed by atoms with Crippen LogP contribution in [0.25, 0.3) is 75.5 Å². The van der Waals surface area contributed by atoms with Crippen molar-refractivity contribution in [2.45, 2.75) is 20.3 Å². The molecule has 0 unspecified atom stereocenters. The van der Waals surface area contributed by atoms with E-state index in [0.717, 1.165) is 28.9 Å². The topological polar surface area (TPSA) is 38.7 Å². The van der Waals surface area contributed by atoms with Crippen molar-refractivity contribution in [2.24, 2.45) is 0 Å². The van der Waals surface area contributed by atoms with E-state index < -0.39 is 0 Å². The summed E-state index contributed by atoms with van der Waals surface area (Å²) in [4.78, 5) is 0. The van der Waals surface area contributed by atoms with Crippen LogP contribution in [0.15, 0.2) is 140 Å². The van der Waals surface area contributed by atoms with Gasteiger partial charge in [0.25, 0.3) is 0 Å². The summed E-state index contributed by atoms with van der Waals surface area (Å²) in [5, 5.41) is 15.7. The molecule has 2 heterocycles. The van der Waals surface area contributed by atoms with E-state index in [1.165, 1.54) is 75.3 Å². The fraction of sp³-hybridized carbons (Fsp3) is 0.0682. The molecule has 0 radical (unpaired) electrons. The third kappa shape index (κ3) is 4.60. The maximum atomic E-state index is 5.03. The van der Waals surface area contributed by atoms with Crippen LogP contribution in [0.1, 0.15) is 22.3 Å². The van der Waals surface area contributed by atoms with E-state index in [9.17, 15) is 0 Å². The van der Waals surface area contributed by atoms with E-state index in [1.807, 2.05) is 0 Å². The molecule has 0 aliphatic heterocycles. The summed E-state index contributed by atoms with van der Waals surface area (Å²) < 4.78 is 2.61. The van der Waals surface area contributed by atoms with Gasteiger partial charge in [-0.15, -0.1) is 0 Å². The van der Waals surface area contributed by atoms with Gasteiger partial charge >= 0.3 is 288 Å². The van der Waals surface area contributed by atoms with Crippen LogP contribution in [-0.4, -0.2) is 29.9 Å². The molecule has 0 bridgehead atoms. The Morgan fingerprint density at radius 3 is 1.94 bits per heavy atom. The molecule has 228 valence electrons. The standard InChI is InChI=1S/C44H31N3Se/c1-27-25-36-33-21-10-9-19-31(33)26-37(36)39(28(27)2)41-42(30-17-7-4-8-18-30)45-47-46-43(41)44-40(35-23-13-14-24-38(35)48-44)34-22-12-11-20-32(34)29-15-5-3-6-16-29/h3-25H,26H2,1-2H3. The predicted molar refractivity (Wildman–Crippen MR) is 199 cm³/mol. The number of benzene rings is 6. The number of hydrogen-bond donors (Lipinski definition) is 0. The van der Waals surface area contributed by atoms with E-state index >= 15 is 0 Å². The molecule has 1 aliphatic carbocycles. The van der Waals surface area contributed by atoms with Crippen molar-refractivity contribution in [3.05, 3.63) is 162 Å². The number of aromatic nitrogens is 3. The molecule has 1 aliphatic rings. The van der Waals surface area contributed by atoms with Gasteiger partial charge in [0.05, 0.1) is 0 Å². The number of nitrogens with zero attached hydrogens (tertiary/aromatic N) is 3. The zero-order valence-electron chi connectivity index (χ0n) is 26.7. The van der Waals surface area contributed by atoms with E-state index in [1.54, 1.807) is 0 Å². The van der Waals surface area contributed by atoms with Gasteiger partial charge in [-0.05, 0) is 0 Å². The van der Waals surface area contributed by atoms with Crippen molar-refractivity contribution in [3.8, 4) is 65.9 Å². The first-order valence-corrected chi connectivity index (χ1v) is 18.1. The van der Waals surface area contributed by atoms with Crippen LogP contribution in [0.2, 0.25) is 0 Å². The average molecular weight is 681 g/mol. The summed E-state index contributed by atoms with van der Waals surface area (Å²) in [6.07, 6.45) is 0.881. The van der Waals surface area contributed by atoms with Gasteiger partial charge in [0.2, 0.25) is 0 Å². The van der Waals surface area contributed by atoms with E-state index in [2.05, 4.69) is 159 Å². The van der Waals surface area contributed by atoms with Gasteiger partial charge < -0.3 is 0 Å². The van der Waals surface area contributed by atoms with Crippen molar-refractivity contribution in [1.29, 1.82) is 0 Å². The summed E-state index contributed by atoms with van der Waals surface area (Å²) in [5.74, 6) is 0. The van der Waals surface area contributed by atoms with Crippen molar-refractivity contribution < 1.29 is 0 Å². The van der Waals surface area contributed by atoms with Crippen LogP contribution >= 0.6 is 0 Å². The van der Waals surface area contributed by atoms with Crippen LogP contribution in [0.4, 0.5) is 0 Å². The fourth-order valence-electron chi connectivity index (χ4n) is 7.43. The first-order valence-electron chi connectivity index (χ1n) is 16.3. The van der Waals surface area contributed by atoms with Crippen LogP contribution in [-0.2, 0) is 6.42 Å². The zero-order chi connectivity index (χ0) is 32.2. The minimum absolute atomic E-state index is 0.00165. The molecule has 48 heavy (non-hydrogen) atoms. The Labute approximate surface area is 286 Å². The second kappa shape index (κ2) is 11.7. The molecular formula is C44H31N3Se. The zero-order valence-corrected chi connectivity index (χ0v) is 28.4. The molecule has 9 rings (SSSR count). The molecule has 8 aromatic rings. The number of aryl methyl sites for hydroxylation is 1. The maximum absolute atomic E-state index is 5.03. The van der Waals surface area contributed by atoms with Gasteiger partial charge in [0.15, 0.2) is 0 Å². The summed E-state index contributed by atoms with van der Waals surface area (Å²) in [5.41, 5.74) is 18.0. The number of rotatable bonds is 5. The van der Waals surface area contributed by atoms with Crippen molar-refractivity contribution in [3.63, 3.8) is 0 Å². The average Bonchev–Trinajstić information content (AvgIpc) is 3.71. The molecule has 0 N–H and O–H groups in total. The molecular weight excluding hydrogens is 649 g/mol. The normalized spacial score (nSPS) is 11.9. The van der Waals surface area contributed by atoms with Crippen molar-refractivity contribution in [1.82, 2.24) is 15.4 Å². The molecule has 6 aromatic carbocycles. The monoisotopic (exact) mass is 681 g/mol. The second-order valence-electron chi connectivity index (χ2n) is 12.5. The number of hydrogen-bond acceptors (Lipinski definition) is 3. The molecule has 0 amide bonds. The quantitative estimate of drug-likeness (QED) is 0.170. The summed E-state index contributed by atoms with van der Waals surface area (Å²) in [6, 6.07) is 50.1. The van der Waals surface area contributed by atoms with Gasteiger partial charge in [0.1, 0.15) is 0 Å². The molecule has 0 fully saturated rings. The van der Waals surface area contributed by atoms with Crippen LogP contribution in [0.3, 0.4) is 0 Å². The molecule has 0 atom stereocenters. The second-order valence-corrected chi connectivity index (χ2v) is 14.7. The third-order valence-electron chi connectivity index (χ3n) is 9.78. The molecule has 0 saturated heterocycles. The summed E-state index contributed by atoms with van der Waals surface area (Å²) >= 11 is -0.00165. The SMILES string of the molecule is Cc1cc2c(c(-c3c(-c4ccccc4)nnnc3-c3[se]c4ccccc4c3-c3ccccc3-c3ccccc3)c1C)Cc1ccccc1-2. The Hall–Kier alpha value is -5.41. The van der Waals surface area contributed by atoms with Crippen LogP contribution in [0.5, 0.6) is 0 Å². The first kappa shape index (κ1) is 28.8.